The van der Waals surface area contributed by atoms with Crippen LogP contribution >= 0.6 is 0 Å². The third-order valence-electron chi connectivity index (χ3n) is 2.40. The molecule has 2 nitrogen and oxygen atoms in total. The Kier molecular flexibility index (Phi) is 2.95. The second-order valence-electron chi connectivity index (χ2n) is 3.84. The first-order valence-electron chi connectivity index (χ1n) is 5.14. The second kappa shape index (κ2) is 4.41. The zero-order valence-corrected chi connectivity index (χ0v) is 9.30. The largest absolute Gasteiger partial charge is 0.397 e. The molecule has 0 bridgehead atoms. The lowest BCUT2D eigenvalue weighted by Gasteiger charge is -2.10. The molecule has 0 spiro atoms. The number of rotatable bonds is 2. The van der Waals surface area contributed by atoms with E-state index in [9.17, 15) is 8.78 Å². The molecule has 2 aromatic rings. The van der Waals surface area contributed by atoms with Crippen LogP contribution in [-0.2, 0) is 0 Å². The average Bonchev–Trinajstić information content (AvgIpc) is 2.27. The van der Waals surface area contributed by atoms with Gasteiger partial charge in [0.15, 0.2) is 0 Å². The van der Waals surface area contributed by atoms with E-state index in [1.165, 1.54) is 24.3 Å². The van der Waals surface area contributed by atoms with Crippen molar-refractivity contribution in [2.24, 2.45) is 0 Å². The van der Waals surface area contributed by atoms with Crippen molar-refractivity contribution in [3.8, 4) is 0 Å². The van der Waals surface area contributed by atoms with Gasteiger partial charge in [0.05, 0.1) is 17.1 Å². The summed E-state index contributed by atoms with van der Waals surface area (Å²) in [6, 6.07) is 8.65. The summed E-state index contributed by atoms with van der Waals surface area (Å²) < 4.78 is 26.3. The summed E-state index contributed by atoms with van der Waals surface area (Å²) in [5, 5.41) is 2.84. The predicted molar refractivity (Wildman–Crippen MR) is 65.2 cm³/mol. The maximum Gasteiger partial charge on any atom is 0.146 e. The summed E-state index contributed by atoms with van der Waals surface area (Å²) in [6.07, 6.45) is 0. The molecule has 0 aliphatic heterocycles. The standard InChI is InChI=1S/C13H12F2N2/c1-8-2-4-10(15)13(6-8)17-12-5-3-9(14)7-11(12)16/h2-7,17H,16H2,1H3. The topological polar surface area (TPSA) is 38.0 Å². The van der Waals surface area contributed by atoms with Crippen molar-refractivity contribution in [1.29, 1.82) is 0 Å². The van der Waals surface area contributed by atoms with Gasteiger partial charge < -0.3 is 11.1 Å². The van der Waals surface area contributed by atoms with Crippen LogP contribution in [-0.4, -0.2) is 0 Å². The molecule has 0 aromatic heterocycles. The van der Waals surface area contributed by atoms with Crippen molar-refractivity contribution < 1.29 is 8.78 Å². The molecular weight excluding hydrogens is 222 g/mol. The van der Waals surface area contributed by atoms with Crippen LogP contribution in [0.5, 0.6) is 0 Å². The quantitative estimate of drug-likeness (QED) is 0.779. The second-order valence-corrected chi connectivity index (χ2v) is 3.84. The van der Waals surface area contributed by atoms with Crippen molar-refractivity contribution in [3.63, 3.8) is 0 Å². The van der Waals surface area contributed by atoms with Crippen LogP contribution in [0, 0.1) is 18.6 Å². The summed E-state index contributed by atoms with van der Waals surface area (Å²) in [4.78, 5) is 0. The van der Waals surface area contributed by atoms with Crippen LogP contribution in [0.3, 0.4) is 0 Å². The smallest absolute Gasteiger partial charge is 0.146 e. The fraction of sp³-hybridized carbons (Fsp3) is 0.0769. The van der Waals surface area contributed by atoms with E-state index >= 15 is 0 Å². The maximum absolute atomic E-state index is 13.5. The molecule has 0 atom stereocenters. The lowest BCUT2D eigenvalue weighted by Crippen LogP contribution is -1.99. The Morgan fingerprint density at radius 1 is 1.00 bits per heavy atom. The minimum absolute atomic E-state index is 0.242. The van der Waals surface area contributed by atoms with Crippen LogP contribution in [0.1, 0.15) is 5.56 Å². The van der Waals surface area contributed by atoms with Crippen molar-refractivity contribution in [3.05, 3.63) is 53.6 Å². The van der Waals surface area contributed by atoms with Crippen molar-refractivity contribution in [1.82, 2.24) is 0 Å². The zero-order chi connectivity index (χ0) is 12.4. The highest BCUT2D eigenvalue weighted by Crippen LogP contribution is 2.26. The molecule has 0 aliphatic rings. The summed E-state index contributed by atoms with van der Waals surface area (Å²) in [6.45, 7) is 1.86. The first kappa shape index (κ1) is 11.4. The van der Waals surface area contributed by atoms with E-state index in [0.717, 1.165) is 5.56 Å². The van der Waals surface area contributed by atoms with E-state index in [0.29, 0.717) is 11.4 Å². The number of benzene rings is 2. The van der Waals surface area contributed by atoms with Crippen LogP contribution in [0.15, 0.2) is 36.4 Å². The van der Waals surface area contributed by atoms with Gasteiger partial charge in [-0.2, -0.15) is 0 Å². The van der Waals surface area contributed by atoms with Gasteiger partial charge in [0.2, 0.25) is 0 Å². The Hall–Kier alpha value is -2.10. The molecule has 2 rings (SSSR count). The zero-order valence-electron chi connectivity index (χ0n) is 9.30. The number of nitrogen functional groups attached to an aromatic ring is 1. The minimum Gasteiger partial charge on any atom is -0.397 e. The van der Waals surface area contributed by atoms with Gasteiger partial charge in [-0.25, -0.2) is 8.78 Å². The molecule has 4 heteroatoms. The summed E-state index contributed by atoms with van der Waals surface area (Å²) in [5.41, 5.74) is 7.60. The monoisotopic (exact) mass is 234 g/mol. The third-order valence-corrected chi connectivity index (χ3v) is 2.40. The first-order chi connectivity index (χ1) is 8.06. The Labute approximate surface area is 98.1 Å². The molecule has 3 N–H and O–H groups in total. The lowest BCUT2D eigenvalue weighted by atomic mass is 10.2. The van der Waals surface area contributed by atoms with E-state index < -0.39 is 5.82 Å². The van der Waals surface area contributed by atoms with Crippen LogP contribution in [0.2, 0.25) is 0 Å². The molecular formula is C13H12F2N2. The normalized spacial score (nSPS) is 10.3. The van der Waals surface area contributed by atoms with E-state index in [1.54, 1.807) is 12.1 Å². The molecule has 0 fully saturated rings. The van der Waals surface area contributed by atoms with Gasteiger partial charge in [-0.15, -0.1) is 0 Å². The molecule has 0 amide bonds. The number of hydrogen-bond acceptors (Lipinski definition) is 2. The number of hydrogen-bond donors (Lipinski definition) is 2. The van der Waals surface area contributed by atoms with Gasteiger partial charge >= 0.3 is 0 Å². The van der Waals surface area contributed by atoms with E-state index in [1.807, 2.05) is 6.92 Å². The molecule has 0 saturated heterocycles. The molecule has 0 saturated carbocycles. The van der Waals surface area contributed by atoms with Gasteiger partial charge in [0.1, 0.15) is 11.6 Å². The van der Waals surface area contributed by atoms with Crippen molar-refractivity contribution in [2.75, 3.05) is 11.1 Å². The molecule has 0 radical (unpaired) electrons. The fourth-order valence-corrected chi connectivity index (χ4v) is 1.53. The van der Waals surface area contributed by atoms with Gasteiger partial charge in [0.25, 0.3) is 0 Å². The van der Waals surface area contributed by atoms with E-state index in [2.05, 4.69) is 5.32 Å². The van der Waals surface area contributed by atoms with Crippen molar-refractivity contribution in [2.45, 2.75) is 6.92 Å². The molecule has 88 valence electrons. The van der Waals surface area contributed by atoms with Crippen molar-refractivity contribution >= 4 is 17.1 Å². The maximum atomic E-state index is 13.5. The number of nitrogens with one attached hydrogen (secondary N) is 1. The Morgan fingerprint density at radius 3 is 2.47 bits per heavy atom. The van der Waals surface area contributed by atoms with Crippen LogP contribution in [0.4, 0.5) is 25.8 Å². The molecule has 2 aromatic carbocycles. The van der Waals surface area contributed by atoms with Crippen LogP contribution < -0.4 is 11.1 Å². The van der Waals surface area contributed by atoms with Crippen LogP contribution in [0.25, 0.3) is 0 Å². The van der Waals surface area contributed by atoms with E-state index in [-0.39, 0.29) is 11.5 Å². The highest BCUT2D eigenvalue weighted by atomic mass is 19.1. The third kappa shape index (κ3) is 2.53. The summed E-state index contributed by atoms with van der Waals surface area (Å²) in [5.74, 6) is -0.794. The van der Waals surface area contributed by atoms with Gasteiger partial charge in [-0.05, 0) is 42.8 Å². The molecule has 0 aliphatic carbocycles. The Balaban J connectivity index is 2.34. The number of anilines is 3. The number of aryl methyl sites for hydroxylation is 1. The highest BCUT2D eigenvalue weighted by Gasteiger charge is 2.05. The average molecular weight is 234 g/mol. The minimum atomic E-state index is -0.419. The number of halogens is 2. The number of nitrogens with two attached hydrogens (primary N) is 1. The Morgan fingerprint density at radius 2 is 1.76 bits per heavy atom. The van der Waals surface area contributed by atoms with Gasteiger partial charge in [0, 0.05) is 0 Å². The summed E-state index contributed by atoms with van der Waals surface area (Å²) >= 11 is 0. The highest BCUT2D eigenvalue weighted by molar-refractivity contribution is 5.72. The predicted octanol–water partition coefficient (Wildman–Crippen LogP) is 3.60. The summed E-state index contributed by atoms with van der Waals surface area (Å²) in [7, 11) is 0. The molecule has 17 heavy (non-hydrogen) atoms. The van der Waals surface area contributed by atoms with Gasteiger partial charge in [-0.1, -0.05) is 6.07 Å². The molecule has 0 unspecified atom stereocenters. The Bertz CT molecular complexity index is 553. The molecule has 0 heterocycles. The van der Waals surface area contributed by atoms with E-state index in [4.69, 9.17) is 5.73 Å². The lowest BCUT2D eigenvalue weighted by molar-refractivity contribution is 0.628. The van der Waals surface area contributed by atoms with Gasteiger partial charge in [-0.3, -0.25) is 0 Å². The first-order valence-corrected chi connectivity index (χ1v) is 5.14. The fourth-order valence-electron chi connectivity index (χ4n) is 1.53. The SMILES string of the molecule is Cc1ccc(F)c(Nc2ccc(F)cc2N)c1.